The van der Waals surface area contributed by atoms with E-state index in [1.807, 2.05) is 45.0 Å². The molecule has 1 aliphatic rings. The fourth-order valence-electron chi connectivity index (χ4n) is 3.67. The summed E-state index contributed by atoms with van der Waals surface area (Å²) >= 11 is 0. The Bertz CT molecular complexity index is 825. The number of piperidine rings is 1. The molecule has 0 spiro atoms. The van der Waals surface area contributed by atoms with Crippen molar-refractivity contribution >= 4 is 11.9 Å². The van der Waals surface area contributed by atoms with Crippen LogP contribution in [-0.4, -0.2) is 40.1 Å². The number of carboxylic acid groups (broad SMARTS) is 1. The lowest BCUT2D eigenvalue weighted by Gasteiger charge is -2.40. The highest BCUT2D eigenvalue weighted by Crippen LogP contribution is 2.35. The molecule has 6 nitrogen and oxygen atoms in total. The summed E-state index contributed by atoms with van der Waals surface area (Å²) in [7, 11) is 0. The molecule has 1 aromatic heterocycles. The Kier molecular flexibility index (Phi) is 5.35. The smallest absolute Gasteiger partial charge is 0.311 e. The lowest BCUT2D eigenvalue weighted by molar-refractivity contribution is -0.156. The number of carbonyl (C=O) groups is 2. The summed E-state index contributed by atoms with van der Waals surface area (Å²) in [6.45, 7) is 6.51. The van der Waals surface area contributed by atoms with Gasteiger partial charge in [0.2, 0.25) is 5.91 Å². The Balaban J connectivity index is 1.81. The maximum Gasteiger partial charge on any atom is 0.311 e. The number of carboxylic acids is 1. The minimum absolute atomic E-state index is 0.00163. The van der Waals surface area contributed by atoms with Crippen LogP contribution in [0.2, 0.25) is 0 Å². The minimum atomic E-state index is -1.03. The monoisotopic (exact) mass is 370 g/mol. The third-order valence-corrected chi connectivity index (χ3v) is 5.26. The van der Waals surface area contributed by atoms with E-state index in [0.29, 0.717) is 30.8 Å². The lowest BCUT2D eigenvalue weighted by atomic mass is 9.76. The van der Waals surface area contributed by atoms with Crippen LogP contribution in [0.3, 0.4) is 0 Å². The summed E-state index contributed by atoms with van der Waals surface area (Å²) in [6, 6.07) is 9.73. The van der Waals surface area contributed by atoms with Gasteiger partial charge in [0.25, 0.3) is 0 Å². The number of carbonyl (C=O) groups excluding carboxylic acids is 1. The van der Waals surface area contributed by atoms with Crippen molar-refractivity contribution in [2.75, 3.05) is 13.1 Å². The fraction of sp³-hybridized carbons (Fsp3) is 0.476. The van der Waals surface area contributed by atoms with Gasteiger partial charge in [0, 0.05) is 37.1 Å². The molecule has 0 aliphatic carbocycles. The van der Waals surface area contributed by atoms with Gasteiger partial charge in [0.15, 0.2) is 0 Å². The van der Waals surface area contributed by atoms with E-state index in [1.54, 1.807) is 11.0 Å². The Morgan fingerprint density at radius 2 is 2.00 bits per heavy atom. The average molecular weight is 370 g/mol. The van der Waals surface area contributed by atoms with Crippen LogP contribution in [0.5, 0.6) is 0 Å². The Hall–Kier alpha value is -2.63. The quantitative estimate of drug-likeness (QED) is 0.870. The molecule has 2 heterocycles. The second-order valence-corrected chi connectivity index (χ2v) is 7.82. The summed E-state index contributed by atoms with van der Waals surface area (Å²) in [5.74, 6) is -0.505. The zero-order chi connectivity index (χ0) is 19.6. The summed E-state index contributed by atoms with van der Waals surface area (Å²) in [5.41, 5.74) is 1.74. The first-order valence-corrected chi connectivity index (χ1v) is 9.35. The van der Waals surface area contributed by atoms with Gasteiger partial charge in [-0.3, -0.25) is 9.59 Å². The second-order valence-electron chi connectivity index (χ2n) is 7.82. The van der Waals surface area contributed by atoms with E-state index in [2.05, 4.69) is 5.16 Å². The van der Waals surface area contributed by atoms with Crippen LogP contribution in [0.15, 0.2) is 34.9 Å². The van der Waals surface area contributed by atoms with Gasteiger partial charge < -0.3 is 14.5 Å². The van der Waals surface area contributed by atoms with Gasteiger partial charge in [0.1, 0.15) is 11.5 Å². The molecule has 144 valence electrons. The van der Waals surface area contributed by atoms with E-state index in [9.17, 15) is 14.7 Å². The van der Waals surface area contributed by atoms with Crippen LogP contribution >= 0.6 is 0 Å². The molecular formula is C21H26N2O4. The molecule has 1 aliphatic heterocycles. The summed E-state index contributed by atoms with van der Waals surface area (Å²) in [4.78, 5) is 26.2. The minimum Gasteiger partial charge on any atom is -0.481 e. The number of likely N-dealkylation sites (tertiary alicyclic amines) is 1. The zero-order valence-corrected chi connectivity index (χ0v) is 16.1. The second kappa shape index (κ2) is 7.55. The number of hydrogen-bond acceptors (Lipinski definition) is 4. The molecule has 0 bridgehead atoms. The van der Waals surface area contributed by atoms with Crippen LogP contribution in [0.4, 0.5) is 0 Å². The van der Waals surface area contributed by atoms with Gasteiger partial charge in [-0.1, -0.05) is 48.8 Å². The molecule has 1 saturated heterocycles. The largest absolute Gasteiger partial charge is 0.481 e. The molecule has 0 radical (unpaired) electrons. The molecular weight excluding hydrogens is 344 g/mol. The van der Waals surface area contributed by atoms with Gasteiger partial charge >= 0.3 is 5.97 Å². The first-order chi connectivity index (χ1) is 12.8. The van der Waals surface area contributed by atoms with Gasteiger partial charge in [-0.15, -0.1) is 0 Å². The van der Waals surface area contributed by atoms with Crippen molar-refractivity contribution in [3.8, 4) is 11.3 Å². The van der Waals surface area contributed by atoms with Crippen LogP contribution < -0.4 is 0 Å². The first-order valence-electron chi connectivity index (χ1n) is 9.35. The van der Waals surface area contributed by atoms with Crippen molar-refractivity contribution in [1.82, 2.24) is 10.1 Å². The van der Waals surface area contributed by atoms with Gasteiger partial charge in [-0.2, -0.15) is 0 Å². The van der Waals surface area contributed by atoms with Crippen LogP contribution in [0, 0.1) is 18.3 Å². The van der Waals surface area contributed by atoms with Crippen LogP contribution in [0.25, 0.3) is 11.3 Å². The summed E-state index contributed by atoms with van der Waals surface area (Å²) < 4.78 is 5.45. The molecule has 1 aromatic carbocycles. The summed E-state index contributed by atoms with van der Waals surface area (Å²) in [6.07, 6.45) is 1.41. The number of aryl methyl sites for hydroxylation is 1. The predicted octanol–water partition coefficient (Wildman–Crippen LogP) is 3.54. The highest BCUT2D eigenvalue weighted by molar-refractivity contribution is 5.81. The van der Waals surface area contributed by atoms with E-state index in [4.69, 9.17) is 4.52 Å². The molecule has 6 heteroatoms. The first kappa shape index (κ1) is 19.1. The average Bonchev–Trinajstić information content (AvgIpc) is 3.10. The van der Waals surface area contributed by atoms with E-state index in [0.717, 1.165) is 11.1 Å². The van der Waals surface area contributed by atoms with Crippen molar-refractivity contribution in [3.05, 3.63) is 41.7 Å². The molecule has 1 N–H and O–H groups in total. The number of rotatable bonds is 5. The van der Waals surface area contributed by atoms with Crippen LogP contribution in [0.1, 0.15) is 38.0 Å². The normalized spacial score (nSPS) is 20.1. The highest BCUT2D eigenvalue weighted by atomic mass is 16.5. The number of nitrogens with zero attached hydrogens (tertiary/aromatic N) is 2. The van der Waals surface area contributed by atoms with Crippen molar-refractivity contribution < 1.29 is 19.2 Å². The van der Waals surface area contributed by atoms with Crippen molar-refractivity contribution in [3.63, 3.8) is 0 Å². The Morgan fingerprint density at radius 1 is 1.30 bits per heavy atom. The maximum atomic E-state index is 12.4. The number of aromatic nitrogens is 1. The molecule has 2 aromatic rings. The molecule has 27 heavy (non-hydrogen) atoms. The molecule has 1 atom stereocenters. The van der Waals surface area contributed by atoms with E-state index < -0.39 is 11.4 Å². The number of hydrogen-bond donors (Lipinski definition) is 1. The summed E-state index contributed by atoms with van der Waals surface area (Å²) in [5, 5.41) is 14.0. The third-order valence-electron chi connectivity index (χ3n) is 5.26. The van der Waals surface area contributed by atoms with E-state index in [1.165, 1.54) is 0 Å². The Labute approximate surface area is 159 Å². The number of aliphatic carboxylic acids is 1. The highest BCUT2D eigenvalue weighted by Gasteiger charge is 2.45. The van der Waals surface area contributed by atoms with Crippen molar-refractivity contribution in [2.45, 2.75) is 40.0 Å². The number of amides is 1. The van der Waals surface area contributed by atoms with E-state index >= 15 is 0 Å². The number of benzene rings is 1. The van der Waals surface area contributed by atoms with Crippen molar-refractivity contribution in [2.24, 2.45) is 11.3 Å². The SMILES string of the molecule is Cc1ccc(-c2cc(CC3(C(=O)O)CCCN(C(=O)C(C)C)C3)on2)cc1. The fourth-order valence-corrected chi connectivity index (χ4v) is 3.67. The Morgan fingerprint density at radius 3 is 2.63 bits per heavy atom. The van der Waals surface area contributed by atoms with Gasteiger partial charge in [-0.05, 0) is 19.8 Å². The van der Waals surface area contributed by atoms with Crippen molar-refractivity contribution in [1.29, 1.82) is 0 Å². The molecule has 1 unspecified atom stereocenters. The topological polar surface area (TPSA) is 83.6 Å². The molecule has 0 saturated carbocycles. The molecule has 1 amide bonds. The molecule has 3 rings (SSSR count). The zero-order valence-electron chi connectivity index (χ0n) is 16.1. The van der Waals surface area contributed by atoms with Gasteiger partial charge in [-0.25, -0.2) is 0 Å². The predicted molar refractivity (Wildman–Crippen MR) is 101 cm³/mol. The van der Waals surface area contributed by atoms with Gasteiger partial charge in [0.05, 0.1) is 5.41 Å². The lowest BCUT2D eigenvalue weighted by Crippen LogP contribution is -2.51. The van der Waals surface area contributed by atoms with Crippen LogP contribution in [-0.2, 0) is 16.0 Å². The maximum absolute atomic E-state index is 12.4. The standard InChI is InChI=1S/C21H26N2O4/c1-14(2)19(24)23-10-4-9-21(13-23,20(25)26)12-17-11-18(22-27-17)16-7-5-15(3)6-8-16/h5-8,11,14H,4,9-10,12-13H2,1-3H3,(H,25,26). The third kappa shape index (κ3) is 4.04. The molecule has 1 fully saturated rings. The van der Waals surface area contributed by atoms with E-state index in [-0.39, 0.29) is 24.8 Å².